The maximum absolute atomic E-state index is 12.0. The zero-order chi connectivity index (χ0) is 17.5. The molecule has 0 aliphatic carbocycles. The third-order valence-electron chi connectivity index (χ3n) is 3.74. The number of amides is 2. The number of urea groups is 1. The molecule has 0 saturated carbocycles. The molecular weight excluding hydrogens is 322 g/mol. The number of anilines is 1. The molecule has 1 aliphatic heterocycles. The largest absolute Gasteiger partial charge is 0.488 e. The van der Waals surface area contributed by atoms with Crippen LogP contribution in [0.25, 0.3) is 0 Å². The first kappa shape index (κ1) is 17.0. The van der Waals surface area contributed by atoms with E-state index in [0.717, 1.165) is 12.2 Å². The lowest BCUT2D eigenvalue weighted by Crippen LogP contribution is -2.37. The highest BCUT2D eigenvalue weighted by atomic mass is 16.5. The number of nitrogens with one attached hydrogen (secondary N) is 2. The first-order valence-corrected chi connectivity index (χ1v) is 8.12. The number of ether oxygens (including phenoxy) is 3. The lowest BCUT2D eigenvalue weighted by molar-refractivity contribution is 0.144. The highest BCUT2D eigenvalue weighted by Gasteiger charge is 2.22. The number of pyridine rings is 1. The number of carbonyl (C=O) groups excluding carboxylic acids is 1. The number of methoxy groups -OCH3 is 1. The Bertz CT molecular complexity index is 681. The van der Waals surface area contributed by atoms with Crippen LogP contribution in [0.2, 0.25) is 0 Å². The predicted molar refractivity (Wildman–Crippen MR) is 93.2 cm³/mol. The molecule has 2 amide bonds. The first-order valence-electron chi connectivity index (χ1n) is 8.12. The van der Waals surface area contributed by atoms with Gasteiger partial charge in [-0.25, -0.2) is 9.78 Å². The second-order valence-electron chi connectivity index (χ2n) is 5.61. The summed E-state index contributed by atoms with van der Waals surface area (Å²) >= 11 is 0. The summed E-state index contributed by atoms with van der Waals surface area (Å²) in [4.78, 5) is 16.1. The molecule has 25 heavy (non-hydrogen) atoms. The van der Waals surface area contributed by atoms with Gasteiger partial charge >= 0.3 is 6.03 Å². The summed E-state index contributed by atoms with van der Waals surface area (Å²) < 4.78 is 16.1. The third kappa shape index (κ3) is 4.84. The molecule has 132 valence electrons. The van der Waals surface area contributed by atoms with Crippen molar-refractivity contribution in [2.45, 2.75) is 12.5 Å². The van der Waals surface area contributed by atoms with Crippen molar-refractivity contribution < 1.29 is 19.0 Å². The van der Waals surface area contributed by atoms with Crippen molar-refractivity contribution in [1.82, 2.24) is 10.3 Å². The molecule has 1 atom stereocenters. The number of carbonyl (C=O) groups is 1. The topological polar surface area (TPSA) is 81.7 Å². The number of fused-ring (bicyclic) bond motifs is 1. The zero-order valence-electron chi connectivity index (χ0n) is 14.0. The Labute approximate surface area is 146 Å². The Morgan fingerprint density at radius 3 is 2.92 bits per heavy atom. The molecule has 7 heteroatoms. The van der Waals surface area contributed by atoms with Gasteiger partial charge < -0.3 is 24.8 Å². The average molecular weight is 343 g/mol. The first-order chi connectivity index (χ1) is 12.2. The Hall–Kier alpha value is -2.80. The molecule has 1 aromatic carbocycles. The number of hydrogen-bond acceptors (Lipinski definition) is 5. The minimum Gasteiger partial charge on any atom is -0.488 e. The SMILES string of the molecule is COCCOc1ccc(NC(=O)NCC2Cc3ccccc3O2)cn1. The van der Waals surface area contributed by atoms with Gasteiger partial charge in [-0.1, -0.05) is 18.2 Å². The van der Waals surface area contributed by atoms with E-state index in [2.05, 4.69) is 15.6 Å². The van der Waals surface area contributed by atoms with Gasteiger partial charge in [0.25, 0.3) is 0 Å². The van der Waals surface area contributed by atoms with Gasteiger partial charge in [0.1, 0.15) is 18.5 Å². The fourth-order valence-electron chi connectivity index (χ4n) is 2.52. The molecule has 2 aromatic rings. The fourth-order valence-corrected chi connectivity index (χ4v) is 2.52. The minimum atomic E-state index is -0.297. The maximum Gasteiger partial charge on any atom is 0.319 e. The van der Waals surface area contributed by atoms with Crippen LogP contribution in [0.1, 0.15) is 5.56 Å². The molecule has 1 aromatic heterocycles. The maximum atomic E-state index is 12.0. The lowest BCUT2D eigenvalue weighted by Gasteiger charge is -2.13. The van der Waals surface area contributed by atoms with Crippen molar-refractivity contribution in [3.63, 3.8) is 0 Å². The van der Waals surface area contributed by atoms with Crippen LogP contribution in [-0.4, -0.2) is 44.0 Å². The predicted octanol–water partition coefficient (Wildman–Crippen LogP) is 2.23. The highest BCUT2D eigenvalue weighted by Crippen LogP contribution is 2.27. The van der Waals surface area contributed by atoms with Crippen LogP contribution in [0.4, 0.5) is 10.5 Å². The van der Waals surface area contributed by atoms with Crippen molar-refractivity contribution in [2.24, 2.45) is 0 Å². The second-order valence-corrected chi connectivity index (χ2v) is 5.61. The zero-order valence-corrected chi connectivity index (χ0v) is 14.0. The van der Waals surface area contributed by atoms with E-state index in [1.54, 1.807) is 25.4 Å². The Kier molecular flexibility index (Phi) is 5.69. The van der Waals surface area contributed by atoms with Crippen molar-refractivity contribution >= 4 is 11.7 Å². The number of benzene rings is 1. The second kappa shape index (κ2) is 8.34. The van der Waals surface area contributed by atoms with Crippen LogP contribution in [0.5, 0.6) is 11.6 Å². The molecule has 0 bridgehead atoms. The van der Waals surface area contributed by atoms with E-state index < -0.39 is 0 Å². The smallest absolute Gasteiger partial charge is 0.319 e. The van der Waals surface area contributed by atoms with Crippen LogP contribution in [0.3, 0.4) is 0 Å². The number of rotatable bonds is 7. The van der Waals surface area contributed by atoms with E-state index >= 15 is 0 Å². The van der Waals surface area contributed by atoms with E-state index in [9.17, 15) is 4.79 Å². The quantitative estimate of drug-likeness (QED) is 0.754. The minimum absolute atomic E-state index is 0.0437. The van der Waals surface area contributed by atoms with Gasteiger partial charge in [-0.05, 0) is 17.7 Å². The van der Waals surface area contributed by atoms with E-state index in [1.807, 2.05) is 24.3 Å². The van der Waals surface area contributed by atoms with E-state index in [-0.39, 0.29) is 12.1 Å². The van der Waals surface area contributed by atoms with Crippen molar-refractivity contribution in [3.05, 3.63) is 48.2 Å². The van der Waals surface area contributed by atoms with E-state index in [1.165, 1.54) is 5.56 Å². The third-order valence-corrected chi connectivity index (χ3v) is 3.74. The average Bonchev–Trinajstić information content (AvgIpc) is 3.05. The summed E-state index contributed by atoms with van der Waals surface area (Å²) in [5.41, 5.74) is 1.76. The summed E-state index contributed by atoms with van der Waals surface area (Å²) in [5.74, 6) is 1.38. The van der Waals surface area contributed by atoms with Crippen LogP contribution in [0.15, 0.2) is 42.6 Å². The molecule has 0 radical (unpaired) electrons. The molecule has 0 spiro atoms. The Morgan fingerprint density at radius 2 is 2.16 bits per heavy atom. The molecular formula is C18H21N3O4. The van der Waals surface area contributed by atoms with E-state index in [0.29, 0.717) is 31.3 Å². The van der Waals surface area contributed by atoms with Crippen LogP contribution in [0, 0.1) is 0 Å². The van der Waals surface area contributed by atoms with E-state index in [4.69, 9.17) is 14.2 Å². The molecule has 2 heterocycles. The van der Waals surface area contributed by atoms with Gasteiger partial charge in [0.15, 0.2) is 0 Å². The van der Waals surface area contributed by atoms with Gasteiger partial charge in [0.2, 0.25) is 5.88 Å². The summed E-state index contributed by atoms with van der Waals surface area (Å²) in [6.07, 6.45) is 2.30. The number of hydrogen-bond donors (Lipinski definition) is 2. The fraction of sp³-hybridized carbons (Fsp3) is 0.333. The number of para-hydroxylation sites is 1. The van der Waals surface area contributed by atoms with Gasteiger partial charge in [0.05, 0.1) is 25.0 Å². The van der Waals surface area contributed by atoms with Gasteiger partial charge in [0, 0.05) is 19.6 Å². The van der Waals surface area contributed by atoms with Crippen LogP contribution in [-0.2, 0) is 11.2 Å². The molecule has 1 unspecified atom stereocenters. The molecule has 1 aliphatic rings. The van der Waals surface area contributed by atoms with Gasteiger partial charge in [-0.3, -0.25) is 0 Å². The molecule has 0 saturated heterocycles. The monoisotopic (exact) mass is 343 g/mol. The molecule has 0 fully saturated rings. The Morgan fingerprint density at radius 1 is 1.28 bits per heavy atom. The van der Waals surface area contributed by atoms with Gasteiger partial charge in [-0.15, -0.1) is 0 Å². The standard InChI is InChI=1S/C18H21N3O4/c1-23-8-9-24-17-7-6-14(11-19-17)21-18(22)20-12-15-10-13-4-2-3-5-16(13)25-15/h2-7,11,15H,8-10,12H2,1H3,(H2,20,21,22). The molecule has 2 N–H and O–H groups in total. The number of nitrogens with zero attached hydrogens (tertiary/aromatic N) is 1. The van der Waals surface area contributed by atoms with Gasteiger partial charge in [-0.2, -0.15) is 0 Å². The molecule has 3 rings (SSSR count). The van der Waals surface area contributed by atoms with Crippen molar-refractivity contribution in [1.29, 1.82) is 0 Å². The Balaban J connectivity index is 1.41. The summed E-state index contributed by atoms with van der Waals surface area (Å²) in [6.45, 7) is 1.36. The van der Waals surface area contributed by atoms with Crippen LogP contribution >= 0.6 is 0 Å². The number of aromatic nitrogens is 1. The van der Waals surface area contributed by atoms with Crippen molar-refractivity contribution in [3.8, 4) is 11.6 Å². The molecule has 7 nitrogen and oxygen atoms in total. The summed E-state index contributed by atoms with van der Waals surface area (Å²) in [6, 6.07) is 11.0. The highest BCUT2D eigenvalue weighted by molar-refractivity contribution is 5.89. The normalized spacial score (nSPS) is 15.2. The summed E-state index contributed by atoms with van der Waals surface area (Å²) in [7, 11) is 1.61. The van der Waals surface area contributed by atoms with Crippen LogP contribution < -0.4 is 20.1 Å². The summed E-state index contributed by atoms with van der Waals surface area (Å²) in [5, 5.41) is 5.55. The lowest BCUT2D eigenvalue weighted by atomic mass is 10.1. The van der Waals surface area contributed by atoms with Crippen molar-refractivity contribution in [2.75, 3.05) is 32.2 Å².